The highest BCUT2D eigenvalue weighted by atomic mass is 35.5. The predicted octanol–water partition coefficient (Wildman–Crippen LogP) is 4.38. The number of halogens is 2. The molecule has 10 heteroatoms. The number of hydrogen-bond acceptors (Lipinski definition) is 6. The summed E-state index contributed by atoms with van der Waals surface area (Å²) in [6.45, 7) is 0. The summed E-state index contributed by atoms with van der Waals surface area (Å²) < 4.78 is 29.7. The molecule has 152 valence electrons. The fraction of sp³-hybridized carbons (Fsp3) is 0.211. The summed E-state index contributed by atoms with van der Waals surface area (Å²) in [5, 5.41) is 10.9. The van der Waals surface area contributed by atoms with Crippen LogP contribution >= 0.6 is 23.2 Å². The summed E-state index contributed by atoms with van der Waals surface area (Å²) in [5.74, 6) is -0.462. The van der Waals surface area contributed by atoms with Crippen LogP contribution in [0.25, 0.3) is 11.5 Å². The first kappa shape index (κ1) is 21.3. The van der Waals surface area contributed by atoms with Crippen molar-refractivity contribution in [2.45, 2.75) is 18.6 Å². The Labute approximate surface area is 178 Å². The molecule has 0 radical (unpaired) electrons. The van der Waals surface area contributed by atoms with E-state index in [1.807, 2.05) is 6.07 Å². The molecule has 0 fully saturated rings. The molecule has 1 N–H and O–H groups in total. The lowest BCUT2D eigenvalue weighted by molar-refractivity contribution is -0.116. The number of nitrogens with zero attached hydrogens (tertiary/aromatic N) is 2. The zero-order valence-electron chi connectivity index (χ0n) is 15.1. The summed E-state index contributed by atoms with van der Waals surface area (Å²) in [6, 6.07) is 13.6. The van der Waals surface area contributed by atoms with Crippen molar-refractivity contribution in [3.05, 3.63) is 64.1 Å². The van der Waals surface area contributed by atoms with Crippen molar-refractivity contribution in [3.63, 3.8) is 0 Å². The standard InChI is InChI=1S/C19H17Cl2N3O4S/c20-14-8-9-16(21)15(11-14)18-23-24-19(28-18)22-17(25)7-4-10-29(26,27)12-13-5-2-1-3-6-13/h1-3,5-6,8-9,11H,4,7,10,12H2,(H,22,24,25). The highest BCUT2D eigenvalue weighted by Crippen LogP contribution is 2.30. The maximum Gasteiger partial charge on any atom is 0.322 e. The van der Waals surface area contributed by atoms with Crippen molar-refractivity contribution in [1.82, 2.24) is 10.2 Å². The smallest absolute Gasteiger partial charge is 0.322 e. The van der Waals surface area contributed by atoms with Crippen LogP contribution in [-0.4, -0.2) is 30.3 Å². The second-order valence-electron chi connectivity index (χ2n) is 6.27. The van der Waals surface area contributed by atoms with Crippen molar-refractivity contribution in [1.29, 1.82) is 0 Å². The molecular weight excluding hydrogens is 437 g/mol. The summed E-state index contributed by atoms with van der Waals surface area (Å²) >= 11 is 12.0. The van der Waals surface area contributed by atoms with Crippen LogP contribution in [0.15, 0.2) is 52.9 Å². The van der Waals surface area contributed by atoms with Crippen molar-refractivity contribution in [3.8, 4) is 11.5 Å². The summed E-state index contributed by atoms with van der Waals surface area (Å²) in [5.41, 5.74) is 1.16. The van der Waals surface area contributed by atoms with E-state index in [0.29, 0.717) is 15.6 Å². The van der Waals surface area contributed by atoms with Gasteiger partial charge in [-0.05, 0) is 30.2 Å². The SMILES string of the molecule is O=C(CCCS(=O)(=O)Cc1ccccc1)Nc1nnc(-c2cc(Cl)ccc2Cl)o1. The minimum absolute atomic E-state index is 0.00363. The number of amides is 1. The number of carbonyl (C=O) groups is 1. The lowest BCUT2D eigenvalue weighted by Crippen LogP contribution is -2.15. The summed E-state index contributed by atoms with van der Waals surface area (Å²) in [6.07, 6.45) is 0.186. The molecule has 7 nitrogen and oxygen atoms in total. The Hall–Kier alpha value is -2.42. The zero-order chi connectivity index (χ0) is 20.9. The van der Waals surface area contributed by atoms with E-state index in [1.165, 1.54) is 0 Å². The molecule has 0 bridgehead atoms. The van der Waals surface area contributed by atoms with Crippen LogP contribution in [0.1, 0.15) is 18.4 Å². The van der Waals surface area contributed by atoms with E-state index in [1.54, 1.807) is 42.5 Å². The first-order valence-electron chi connectivity index (χ1n) is 8.65. The molecule has 0 saturated carbocycles. The van der Waals surface area contributed by atoms with Crippen LogP contribution in [0, 0.1) is 0 Å². The van der Waals surface area contributed by atoms with Crippen molar-refractivity contribution in [2.24, 2.45) is 0 Å². The Bertz CT molecular complexity index is 1100. The summed E-state index contributed by atoms with van der Waals surface area (Å²) in [7, 11) is -3.30. The Morgan fingerprint density at radius 2 is 1.83 bits per heavy atom. The van der Waals surface area contributed by atoms with Gasteiger partial charge in [0.15, 0.2) is 9.84 Å². The van der Waals surface area contributed by atoms with Gasteiger partial charge in [-0.2, -0.15) is 0 Å². The maximum absolute atomic E-state index is 12.2. The molecule has 0 unspecified atom stereocenters. The predicted molar refractivity (Wildman–Crippen MR) is 112 cm³/mol. The molecule has 29 heavy (non-hydrogen) atoms. The van der Waals surface area contributed by atoms with E-state index in [-0.39, 0.29) is 36.3 Å². The van der Waals surface area contributed by atoms with E-state index in [0.717, 1.165) is 5.56 Å². The fourth-order valence-electron chi connectivity index (χ4n) is 2.58. The molecular formula is C19H17Cl2N3O4S. The van der Waals surface area contributed by atoms with Crippen LogP contribution in [0.5, 0.6) is 0 Å². The first-order valence-corrected chi connectivity index (χ1v) is 11.2. The Morgan fingerprint density at radius 3 is 2.59 bits per heavy atom. The van der Waals surface area contributed by atoms with Crippen molar-refractivity contribution < 1.29 is 17.6 Å². The molecule has 1 aromatic heterocycles. The number of anilines is 1. The minimum atomic E-state index is -3.30. The number of nitrogens with one attached hydrogen (secondary N) is 1. The van der Waals surface area contributed by atoms with Crippen LogP contribution in [0.2, 0.25) is 10.0 Å². The van der Waals surface area contributed by atoms with E-state index in [4.69, 9.17) is 27.6 Å². The second-order valence-corrected chi connectivity index (χ2v) is 9.29. The molecule has 0 aliphatic heterocycles. The lowest BCUT2D eigenvalue weighted by Gasteiger charge is -2.04. The van der Waals surface area contributed by atoms with E-state index >= 15 is 0 Å². The van der Waals surface area contributed by atoms with Gasteiger partial charge >= 0.3 is 6.01 Å². The number of aromatic nitrogens is 2. The highest BCUT2D eigenvalue weighted by Gasteiger charge is 2.16. The van der Waals surface area contributed by atoms with Crippen molar-refractivity contribution in [2.75, 3.05) is 11.1 Å². The Kier molecular flexibility index (Phi) is 6.89. The molecule has 3 rings (SSSR count). The average molecular weight is 454 g/mol. The van der Waals surface area contributed by atoms with Crippen LogP contribution in [0.3, 0.4) is 0 Å². The molecule has 0 saturated heterocycles. The van der Waals surface area contributed by atoms with E-state index in [9.17, 15) is 13.2 Å². The van der Waals surface area contributed by atoms with Gasteiger partial charge in [-0.15, -0.1) is 5.10 Å². The number of carbonyl (C=O) groups excluding carboxylic acids is 1. The fourth-order valence-corrected chi connectivity index (χ4v) is 4.38. The molecule has 2 aromatic carbocycles. The first-order chi connectivity index (χ1) is 13.8. The maximum atomic E-state index is 12.2. The van der Waals surface area contributed by atoms with Crippen LogP contribution in [-0.2, 0) is 20.4 Å². The molecule has 1 amide bonds. The van der Waals surface area contributed by atoms with E-state index < -0.39 is 15.7 Å². The average Bonchev–Trinajstić information content (AvgIpc) is 3.12. The summed E-state index contributed by atoms with van der Waals surface area (Å²) in [4.78, 5) is 12.0. The molecule has 3 aromatic rings. The quantitative estimate of drug-likeness (QED) is 0.542. The van der Waals surface area contributed by atoms with Gasteiger partial charge in [-0.3, -0.25) is 10.1 Å². The normalized spacial score (nSPS) is 11.4. The van der Waals surface area contributed by atoms with Gasteiger partial charge in [0.05, 0.1) is 22.1 Å². The number of benzene rings is 2. The lowest BCUT2D eigenvalue weighted by atomic mass is 10.2. The van der Waals surface area contributed by atoms with Gasteiger partial charge in [0, 0.05) is 11.4 Å². The molecule has 1 heterocycles. The Balaban J connectivity index is 1.51. The van der Waals surface area contributed by atoms with Crippen molar-refractivity contribution >= 4 is 45.0 Å². The third kappa shape index (κ3) is 6.28. The van der Waals surface area contributed by atoms with Gasteiger partial charge in [0.2, 0.25) is 5.91 Å². The van der Waals surface area contributed by atoms with Gasteiger partial charge < -0.3 is 4.42 Å². The topological polar surface area (TPSA) is 102 Å². The number of rotatable bonds is 8. The zero-order valence-corrected chi connectivity index (χ0v) is 17.5. The van der Waals surface area contributed by atoms with Gasteiger partial charge in [-0.25, -0.2) is 8.42 Å². The molecule has 0 aliphatic rings. The minimum Gasteiger partial charge on any atom is -0.403 e. The van der Waals surface area contributed by atoms with E-state index in [2.05, 4.69) is 15.5 Å². The van der Waals surface area contributed by atoms with Gasteiger partial charge in [0.1, 0.15) is 0 Å². The van der Waals surface area contributed by atoms with Crippen LogP contribution < -0.4 is 5.32 Å². The largest absolute Gasteiger partial charge is 0.403 e. The van der Waals surface area contributed by atoms with Crippen LogP contribution in [0.4, 0.5) is 6.01 Å². The third-order valence-corrected chi connectivity index (χ3v) is 6.17. The third-order valence-electron chi connectivity index (χ3n) is 3.92. The second kappa shape index (κ2) is 9.39. The highest BCUT2D eigenvalue weighted by molar-refractivity contribution is 7.90. The number of sulfone groups is 1. The molecule has 0 atom stereocenters. The van der Waals surface area contributed by atoms with Gasteiger partial charge in [-0.1, -0.05) is 58.6 Å². The number of hydrogen-bond donors (Lipinski definition) is 1. The monoisotopic (exact) mass is 453 g/mol. The molecule has 0 aliphatic carbocycles. The Morgan fingerprint density at radius 1 is 1.07 bits per heavy atom. The van der Waals surface area contributed by atoms with Gasteiger partial charge in [0.25, 0.3) is 5.89 Å². The molecule has 0 spiro atoms.